The Bertz CT molecular complexity index is 528. The molecule has 2 aliphatic rings. The van der Waals surface area contributed by atoms with Crippen molar-refractivity contribution in [2.75, 3.05) is 31.1 Å². The lowest BCUT2D eigenvalue weighted by Crippen LogP contribution is -2.32. The Balaban J connectivity index is 1.60. The van der Waals surface area contributed by atoms with Crippen LogP contribution in [0.5, 0.6) is 5.75 Å². The van der Waals surface area contributed by atoms with E-state index in [-0.39, 0.29) is 5.91 Å². The van der Waals surface area contributed by atoms with Crippen LogP contribution in [0.15, 0.2) is 12.1 Å². The highest BCUT2D eigenvalue weighted by Gasteiger charge is 2.31. The summed E-state index contributed by atoms with van der Waals surface area (Å²) in [7, 11) is 0. The van der Waals surface area contributed by atoms with Gasteiger partial charge in [0.15, 0.2) is 0 Å². The summed E-state index contributed by atoms with van der Waals surface area (Å²) in [5.74, 6) is 1.24. The smallest absolute Gasteiger partial charge is 0.227 e. The lowest BCUT2D eigenvalue weighted by Gasteiger charge is -2.25. The van der Waals surface area contributed by atoms with Gasteiger partial charge in [0, 0.05) is 13.0 Å². The molecule has 1 aromatic carbocycles. The summed E-state index contributed by atoms with van der Waals surface area (Å²) in [6.07, 6.45) is 4.65. The van der Waals surface area contributed by atoms with Crippen molar-refractivity contribution in [1.82, 2.24) is 5.32 Å². The van der Waals surface area contributed by atoms with Crippen molar-refractivity contribution in [1.29, 1.82) is 0 Å². The third-order valence-electron chi connectivity index (χ3n) is 4.22. The van der Waals surface area contributed by atoms with Gasteiger partial charge in [-0.15, -0.1) is 0 Å². The monoisotopic (exact) mass is 288 g/mol. The first-order chi connectivity index (χ1) is 10.3. The summed E-state index contributed by atoms with van der Waals surface area (Å²) in [6, 6.07) is 4.25. The maximum atomic E-state index is 11.9. The molecule has 0 spiro atoms. The van der Waals surface area contributed by atoms with Crippen molar-refractivity contribution >= 4 is 11.6 Å². The van der Waals surface area contributed by atoms with Gasteiger partial charge < -0.3 is 15.0 Å². The lowest BCUT2D eigenvalue weighted by atomic mass is 9.99. The number of nitrogens with zero attached hydrogens (tertiary/aromatic N) is 1. The number of ether oxygens (including phenoxy) is 1. The average molecular weight is 288 g/mol. The maximum absolute atomic E-state index is 11.9. The maximum Gasteiger partial charge on any atom is 0.227 e. The van der Waals surface area contributed by atoms with Gasteiger partial charge in [0.25, 0.3) is 0 Å². The third kappa shape index (κ3) is 3.05. The summed E-state index contributed by atoms with van der Waals surface area (Å²) in [5.41, 5.74) is 3.73. The zero-order valence-corrected chi connectivity index (χ0v) is 12.8. The summed E-state index contributed by atoms with van der Waals surface area (Å²) in [5, 5.41) is 3.38. The fourth-order valence-electron chi connectivity index (χ4n) is 3.20. The first kappa shape index (κ1) is 14.4. The second-order valence-electron chi connectivity index (χ2n) is 5.84. The fourth-order valence-corrected chi connectivity index (χ4v) is 3.20. The highest BCUT2D eigenvalue weighted by Crippen LogP contribution is 2.39. The largest absolute Gasteiger partial charge is 0.494 e. The van der Waals surface area contributed by atoms with Crippen LogP contribution in [-0.2, 0) is 17.6 Å². The van der Waals surface area contributed by atoms with E-state index in [0.29, 0.717) is 6.42 Å². The van der Waals surface area contributed by atoms with Crippen LogP contribution >= 0.6 is 0 Å². The SMILES string of the molecule is CCCNCCCOc1cc2c3c(c1)CCN3C(=O)CC2. The molecular weight excluding hydrogens is 264 g/mol. The lowest BCUT2D eigenvalue weighted by molar-refractivity contribution is -0.118. The Kier molecular flexibility index (Phi) is 4.44. The quantitative estimate of drug-likeness (QED) is 0.783. The number of carbonyl (C=O) groups is 1. The van der Waals surface area contributed by atoms with Crippen LogP contribution in [0.25, 0.3) is 0 Å². The molecule has 0 atom stereocenters. The van der Waals surface area contributed by atoms with Gasteiger partial charge in [-0.1, -0.05) is 6.92 Å². The second-order valence-corrected chi connectivity index (χ2v) is 5.84. The molecule has 0 unspecified atom stereocenters. The number of nitrogens with one attached hydrogen (secondary N) is 1. The van der Waals surface area contributed by atoms with Gasteiger partial charge in [0.2, 0.25) is 5.91 Å². The number of carbonyl (C=O) groups excluding carboxylic acids is 1. The summed E-state index contributed by atoms with van der Waals surface area (Å²) < 4.78 is 5.90. The first-order valence-corrected chi connectivity index (χ1v) is 8.09. The molecule has 0 bridgehead atoms. The molecule has 0 aromatic heterocycles. The van der Waals surface area contributed by atoms with Gasteiger partial charge in [0.1, 0.15) is 5.75 Å². The van der Waals surface area contributed by atoms with Gasteiger partial charge in [-0.2, -0.15) is 0 Å². The molecule has 1 N–H and O–H groups in total. The predicted molar refractivity (Wildman–Crippen MR) is 84.1 cm³/mol. The predicted octanol–water partition coefficient (Wildman–Crippen LogP) is 2.29. The minimum Gasteiger partial charge on any atom is -0.494 e. The summed E-state index contributed by atoms with van der Waals surface area (Å²) >= 11 is 0. The Hall–Kier alpha value is -1.55. The van der Waals surface area contributed by atoms with E-state index in [1.54, 1.807) is 0 Å². The van der Waals surface area contributed by atoms with Gasteiger partial charge in [-0.05, 0) is 62.0 Å². The first-order valence-electron chi connectivity index (χ1n) is 8.09. The Labute approximate surface area is 126 Å². The molecule has 4 nitrogen and oxygen atoms in total. The van der Waals surface area contributed by atoms with Crippen molar-refractivity contribution in [3.05, 3.63) is 23.3 Å². The standard InChI is InChI=1S/C17H24N2O2/c1-2-7-18-8-3-10-21-15-11-13-4-5-16(20)19-9-6-14(12-15)17(13)19/h11-12,18H,2-10H2,1H3. The Morgan fingerprint density at radius 2 is 2.00 bits per heavy atom. The molecule has 114 valence electrons. The molecule has 21 heavy (non-hydrogen) atoms. The molecule has 0 radical (unpaired) electrons. The van der Waals surface area contributed by atoms with Crippen LogP contribution < -0.4 is 15.0 Å². The van der Waals surface area contributed by atoms with E-state index < -0.39 is 0 Å². The zero-order chi connectivity index (χ0) is 14.7. The molecule has 3 rings (SSSR count). The highest BCUT2D eigenvalue weighted by atomic mass is 16.5. The van der Waals surface area contributed by atoms with Crippen LogP contribution in [0.3, 0.4) is 0 Å². The number of hydrogen-bond donors (Lipinski definition) is 1. The minimum absolute atomic E-state index is 0.275. The van der Waals surface area contributed by atoms with Crippen molar-refractivity contribution in [3.63, 3.8) is 0 Å². The van der Waals surface area contributed by atoms with Gasteiger partial charge in [-0.3, -0.25) is 4.79 Å². The number of hydrogen-bond acceptors (Lipinski definition) is 3. The molecule has 0 saturated carbocycles. The normalized spacial score (nSPS) is 16.2. The number of rotatable bonds is 7. The molecule has 2 heterocycles. The molecule has 0 saturated heterocycles. The number of anilines is 1. The topological polar surface area (TPSA) is 41.6 Å². The second kappa shape index (κ2) is 6.48. The number of aryl methyl sites for hydroxylation is 1. The zero-order valence-electron chi connectivity index (χ0n) is 12.8. The molecule has 4 heteroatoms. The summed E-state index contributed by atoms with van der Waals surface area (Å²) in [4.78, 5) is 13.8. The van der Waals surface area contributed by atoms with Crippen LogP contribution in [0.1, 0.15) is 37.3 Å². The van der Waals surface area contributed by atoms with Crippen LogP contribution in [0.4, 0.5) is 5.69 Å². The number of amides is 1. The Morgan fingerprint density at radius 3 is 2.81 bits per heavy atom. The molecule has 0 fully saturated rings. The van der Waals surface area contributed by atoms with Crippen LogP contribution in [0, 0.1) is 0 Å². The van der Waals surface area contributed by atoms with Gasteiger partial charge >= 0.3 is 0 Å². The van der Waals surface area contributed by atoms with E-state index in [2.05, 4.69) is 24.4 Å². The van der Waals surface area contributed by atoms with E-state index in [4.69, 9.17) is 4.74 Å². The van der Waals surface area contributed by atoms with Crippen molar-refractivity contribution in [2.45, 2.75) is 39.0 Å². The molecule has 2 aliphatic heterocycles. The van der Waals surface area contributed by atoms with E-state index in [1.165, 1.54) is 23.2 Å². The van der Waals surface area contributed by atoms with E-state index in [0.717, 1.165) is 51.3 Å². The molecule has 1 aromatic rings. The van der Waals surface area contributed by atoms with Gasteiger partial charge in [-0.25, -0.2) is 0 Å². The molecular formula is C17H24N2O2. The van der Waals surface area contributed by atoms with Crippen LogP contribution in [0.2, 0.25) is 0 Å². The Morgan fingerprint density at radius 1 is 1.19 bits per heavy atom. The third-order valence-corrected chi connectivity index (χ3v) is 4.22. The van der Waals surface area contributed by atoms with E-state index in [9.17, 15) is 4.79 Å². The fraction of sp³-hybridized carbons (Fsp3) is 0.588. The minimum atomic E-state index is 0.275. The van der Waals surface area contributed by atoms with Crippen molar-refractivity contribution < 1.29 is 9.53 Å². The van der Waals surface area contributed by atoms with Crippen molar-refractivity contribution in [2.24, 2.45) is 0 Å². The number of benzene rings is 1. The van der Waals surface area contributed by atoms with E-state index >= 15 is 0 Å². The molecule has 1 amide bonds. The van der Waals surface area contributed by atoms with Crippen LogP contribution in [-0.4, -0.2) is 32.1 Å². The van der Waals surface area contributed by atoms with E-state index in [1.807, 2.05) is 4.90 Å². The van der Waals surface area contributed by atoms with Crippen molar-refractivity contribution in [3.8, 4) is 5.75 Å². The summed E-state index contributed by atoms with van der Waals surface area (Å²) in [6.45, 7) is 5.84. The highest BCUT2D eigenvalue weighted by molar-refractivity contribution is 5.98. The average Bonchev–Trinajstić information content (AvgIpc) is 2.92. The van der Waals surface area contributed by atoms with Gasteiger partial charge in [0.05, 0.1) is 12.3 Å². The molecule has 0 aliphatic carbocycles.